The van der Waals surface area contributed by atoms with Crippen molar-refractivity contribution >= 4 is 101 Å². The van der Waals surface area contributed by atoms with Crippen molar-refractivity contribution in [2.75, 3.05) is 9.80 Å². The van der Waals surface area contributed by atoms with Crippen LogP contribution in [0, 0.1) is 6.92 Å². The van der Waals surface area contributed by atoms with Crippen LogP contribution in [0.15, 0.2) is 191 Å². The standard InChI is InChI=1S/C63H51BN2O2/c1-38-32-55-59-56(33-38)66(44-19-13-17-40(35-44)46-23-15-25-50-48-21-9-11-27-58(48)68-61(46)50)54-31-29-42(63(5,6)7)37-52(54)64(59)51-36-41(62(2,3)4)28-30-53(51)65(55)43-18-12-16-39(34-43)45-22-14-24-49-47-20-8-10-26-57(47)67-60(45)49/h8-37H,1-7H3. The minimum Gasteiger partial charge on any atom is -0.455 e. The lowest BCUT2D eigenvalue weighted by molar-refractivity contribution is 0.590. The number of nitrogens with zero attached hydrogens (tertiary/aromatic N) is 2. The number of para-hydroxylation sites is 4. The Labute approximate surface area is 398 Å². The van der Waals surface area contributed by atoms with Gasteiger partial charge in [0.05, 0.1) is 0 Å². The van der Waals surface area contributed by atoms with Crippen molar-refractivity contribution in [2.45, 2.75) is 59.3 Å². The Balaban J connectivity index is 1.06. The van der Waals surface area contributed by atoms with E-state index < -0.39 is 0 Å². The highest BCUT2D eigenvalue weighted by molar-refractivity contribution is 7.00. The van der Waals surface area contributed by atoms with Crippen LogP contribution < -0.4 is 26.2 Å². The van der Waals surface area contributed by atoms with Crippen molar-refractivity contribution in [1.82, 2.24) is 0 Å². The van der Waals surface area contributed by atoms with Gasteiger partial charge in [0.15, 0.2) is 0 Å². The molecule has 328 valence electrons. The molecule has 5 heteroatoms. The lowest BCUT2D eigenvalue weighted by atomic mass is 9.33. The van der Waals surface area contributed by atoms with Crippen LogP contribution in [-0.2, 0) is 10.8 Å². The molecule has 0 N–H and O–H groups in total. The summed E-state index contributed by atoms with van der Waals surface area (Å²) >= 11 is 0. The first-order chi connectivity index (χ1) is 32.9. The highest BCUT2D eigenvalue weighted by Gasteiger charge is 2.44. The smallest absolute Gasteiger partial charge is 0.252 e. The fourth-order valence-corrected chi connectivity index (χ4v) is 11.2. The summed E-state index contributed by atoms with van der Waals surface area (Å²) < 4.78 is 13.2. The molecule has 2 aliphatic heterocycles. The van der Waals surface area contributed by atoms with Gasteiger partial charge >= 0.3 is 0 Å². The van der Waals surface area contributed by atoms with Gasteiger partial charge in [0.25, 0.3) is 6.71 Å². The molecule has 11 aromatic rings. The Kier molecular flexibility index (Phi) is 8.71. The summed E-state index contributed by atoms with van der Waals surface area (Å²) in [7, 11) is 0. The number of furan rings is 2. The van der Waals surface area contributed by atoms with E-state index in [1.54, 1.807) is 0 Å². The molecule has 0 spiro atoms. The van der Waals surface area contributed by atoms with Gasteiger partial charge < -0.3 is 18.6 Å². The van der Waals surface area contributed by atoms with Crippen molar-refractivity contribution in [3.8, 4) is 22.3 Å². The van der Waals surface area contributed by atoms with E-state index in [0.717, 1.165) is 77.5 Å². The number of rotatable bonds is 4. The normalized spacial score (nSPS) is 13.4. The van der Waals surface area contributed by atoms with Gasteiger partial charge in [-0.25, -0.2) is 0 Å². The van der Waals surface area contributed by atoms with Gasteiger partial charge in [0, 0.05) is 66.8 Å². The van der Waals surface area contributed by atoms with Gasteiger partial charge in [-0.1, -0.05) is 163 Å². The van der Waals surface area contributed by atoms with Crippen molar-refractivity contribution in [1.29, 1.82) is 0 Å². The number of aryl methyl sites for hydroxylation is 1. The fraction of sp³-hybridized carbons (Fsp3) is 0.143. The zero-order valence-corrected chi connectivity index (χ0v) is 39.6. The van der Waals surface area contributed by atoms with Crippen LogP contribution in [0.4, 0.5) is 34.1 Å². The van der Waals surface area contributed by atoms with Crippen LogP contribution >= 0.6 is 0 Å². The molecule has 0 fully saturated rings. The third-order valence-electron chi connectivity index (χ3n) is 14.6. The second-order valence-electron chi connectivity index (χ2n) is 21.0. The minimum atomic E-state index is -0.0542. The third-order valence-corrected chi connectivity index (χ3v) is 14.6. The predicted molar refractivity (Wildman–Crippen MR) is 288 cm³/mol. The number of anilines is 6. The highest BCUT2D eigenvalue weighted by atomic mass is 16.3. The molecule has 0 unspecified atom stereocenters. The molecule has 0 aliphatic carbocycles. The van der Waals surface area contributed by atoms with Crippen LogP contribution in [-0.4, -0.2) is 6.71 Å². The average molecular weight is 879 g/mol. The summed E-state index contributed by atoms with van der Waals surface area (Å²) in [5.41, 5.74) is 22.7. The molecule has 0 amide bonds. The van der Waals surface area contributed by atoms with Crippen LogP contribution in [0.1, 0.15) is 58.2 Å². The molecule has 0 saturated carbocycles. The van der Waals surface area contributed by atoms with Gasteiger partial charge in [0.1, 0.15) is 22.3 Å². The van der Waals surface area contributed by atoms with Gasteiger partial charge in [0.2, 0.25) is 0 Å². The molecule has 4 nitrogen and oxygen atoms in total. The van der Waals surface area contributed by atoms with Gasteiger partial charge in [-0.05, 0) is 123 Å². The Morgan fingerprint density at radius 1 is 0.397 bits per heavy atom. The van der Waals surface area contributed by atoms with Crippen LogP contribution in [0.25, 0.3) is 66.1 Å². The molecule has 13 rings (SSSR count). The first kappa shape index (κ1) is 40.5. The van der Waals surface area contributed by atoms with E-state index in [9.17, 15) is 0 Å². The Bertz CT molecular complexity index is 3630. The topological polar surface area (TPSA) is 32.8 Å². The second-order valence-corrected chi connectivity index (χ2v) is 21.0. The van der Waals surface area contributed by atoms with E-state index in [2.05, 4.69) is 228 Å². The molecular formula is C63H51BN2O2. The monoisotopic (exact) mass is 878 g/mol. The van der Waals surface area contributed by atoms with Gasteiger partial charge in [-0.3, -0.25) is 0 Å². The zero-order chi connectivity index (χ0) is 46.2. The summed E-state index contributed by atoms with van der Waals surface area (Å²) in [5, 5.41) is 4.52. The maximum Gasteiger partial charge on any atom is 0.252 e. The van der Waals surface area contributed by atoms with E-state index in [1.165, 1.54) is 55.8 Å². The summed E-state index contributed by atoms with van der Waals surface area (Å²) in [6, 6.07) is 67.1. The van der Waals surface area contributed by atoms with E-state index in [-0.39, 0.29) is 17.5 Å². The van der Waals surface area contributed by atoms with Gasteiger partial charge in [-0.2, -0.15) is 0 Å². The average Bonchev–Trinajstić information content (AvgIpc) is 3.92. The lowest BCUT2D eigenvalue weighted by Crippen LogP contribution is -2.61. The third kappa shape index (κ3) is 6.14. The van der Waals surface area contributed by atoms with Crippen molar-refractivity contribution in [3.63, 3.8) is 0 Å². The molecule has 0 radical (unpaired) electrons. The summed E-state index contributed by atoms with van der Waals surface area (Å²) in [6.07, 6.45) is 0. The molecule has 9 aromatic carbocycles. The van der Waals surface area contributed by atoms with E-state index >= 15 is 0 Å². The van der Waals surface area contributed by atoms with Gasteiger partial charge in [-0.15, -0.1) is 0 Å². The number of hydrogen-bond donors (Lipinski definition) is 0. The Morgan fingerprint density at radius 2 is 0.824 bits per heavy atom. The van der Waals surface area contributed by atoms with Crippen LogP contribution in [0.3, 0.4) is 0 Å². The van der Waals surface area contributed by atoms with E-state index in [0.29, 0.717) is 0 Å². The highest BCUT2D eigenvalue weighted by Crippen LogP contribution is 2.48. The molecule has 2 aromatic heterocycles. The van der Waals surface area contributed by atoms with Crippen molar-refractivity contribution in [3.05, 3.63) is 199 Å². The summed E-state index contributed by atoms with van der Waals surface area (Å²) in [6.45, 7) is 16.2. The second kappa shape index (κ2) is 14.6. The first-order valence-corrected chi connectivity index (χ1v) is 23.9. The number of hydrogen-bond acceptors (Lipinski definition) is 4. The number of fused-ring (bicyclic) bond motifs is 10. The molecule has 0 bridgehead atoms. The predicted octanol–water partition coefficient (Wildman–Crippen LogP) is 15.8. The molecule has 4 heterocycles. The van der Waals surface area contributed by atoms with Crippen molar-refractivity contribution < 1.29 is 8.83 Å². The van der Waals surface area contributed by atoms with E-state index in [4.69, 9.17) is 8.83 Å². The fourth-order valence-electron chi connectivity index (χ4n) is 11.2. The summed E-state index contributed by atoms with van der Waals surface area (Å²) in [4.78, 5) is 5.06. The molecule has 2 aliphatic rings. The SMILES string of the molecule is Cc1cc2c3c(c1)N(c1cccc(-c4cccc5c4oc4ccccc45)c1)c1ccc(C(C)(C)C)cc1B3c1cc(C(C)(C)C)ccc1N2c1cccc(-c2cccc3c2oc2ccccc23)c1. The number of benzene rings is 9. The van der Waals surface area contributed by atoms with E-state index in [1.807, 2.05) is 12.1 Å². The Hall–Kier alpha value is -7.76. The van der Waals surface area contributed by atoms with Crippen LogP contribution in [0.5, 0.6) is 0 Å². The Morgan fingerprint density at radius 3 is 1.28 bits per heavy atom. The minimum absolute atomic E-state index is 0.0114. The summed E-state index contributed by atoms with van der Waals surface area (Å²) in [5.74, 6) is 0. The maximum atomic E-state index is 6.62. The van der Waals surface area contributed by atoms with Crippen LogP contribution in [0.2, 0.25) is 0 Å². The lowest BCUT2D eigenvalue weighted by Gasteiger charge is -2.45. The molecule has 0 atom stereocenters. The van der Waals surface area contributed by atoms with Crippen molar-refractivity contribution in [2.24, 2.45) is 0 Å². The molecular weight excluding hydrogens is 828 g/mol. The quantitative estimate of drug-likeness (QED) is 0.165. The largest absolute Gasteiger partial charge is 0.455 e. The maximum absolute atomic E-state index is 6.62. The molecule has 0 saturated heterocycles. The zero-order valence-electron chi connectivity index (χ0n) is 39.6. The first-order valence-electron chi connectivity index (χ1n) is 23.9. The molecule has 68 heavy (non-hydrogen) atoms.